The Hall–Kier alpha value is -5.30. The number of hydrogen-bond donors (Lipinski definition) is 5. The molecule has 0 bridgehead atoms. The summed E-state index contributed by atoms with van der Waals surface area (Å²) in [4.78, 5) is 62.4. The summed E-state index contributed by atoms with van der Waals surface area (Å²) in [5.74, 6) is -1.19. The Kier molecular flexibility index (Phi) is 11.9. The van der Waals surface area contributed by atoms with Gasteiger partial charge in [0, 0.05) is 43.7 Å². The van der Waals surface area contributed by atoms with E-state index in [4.69, 9.17) is 5.73 Å². The fraction of sp³-hybridized carbons (Fsp3) is 0.290. The number of para-hydroxylation sites is 2. The number of amides is 4. The van der Waals surface area contributed by atoms with Crippen molar-refractivity contribution in [2.45, 2.75) is 26.3 Å². The highest BCUT2D eigenvalue weighted by molar-refractivity contribution is 6.10. The van der Waals surface area contributed by atoms with Crippen molar-refractivity contribution >= 4 is 52.5 Å². The third-order valence-electron chi connectivity index (χ3n) is 6.47. The molecular weight excluding hydrogens is 562 g/mol. The van der Waals surface area contributed by atoms with E-state index in [-0.39, 0.29) is 17.4 Å². The van der Waals surface area contributed by atoms with Crippen molar-refractivity contribution in [3.05, 3.63) is 78.0 Å². The monoisotopic (exact) mass is 601 g/mol. The molecule has 1 heterocycles. The predicted octanol–water partition coefficient (Wildman–Crippen LogP) is 3.30. The number of benzene rings is 2. The second-order valence-electron chi connectivity index (χ2n) is 10.2. The van der Waals surface area contributed by atoms with Crippen LogP contribution in [-0.2, 0) is 9.59 Å². The molecule has 0 fully saturated rings. The molecule has 0 saturated carbocycles. The van der Waals surface area contributed by atoms with Gasteiger partial charge in [-0.3, -0.25) is 19.2 Å². The molecule has 0 unspecified atom stereocenters. The van der Waals surface area contributed by atoms with Gasteiger partial charge in [-0.2, -0.15) is 4.98 Å². The van der Waals surface area contributed by atoms with Gasteiger partial charge >= 0.3 is 0 Å². The zero-order valence-corrected chi connectivity index (χ0v) is 25.5. The summed E-state index contributed by atoms with van der Waals surface area (Å²) >= 11 is 0. The summed E-state index contributed by atoms with van der Waals surface area (Å²) in [6, 6.07) is 12.5. The quantitative estimate of drug-likeness (QED) is 0.174. The van der Waals surface area contributed by atoms with E-state index in [1.807, 2.05) is 25.9 Å². The molecule has 13 heteroatoms. The highest BCUT2D eigenvalue weighted by atomic mass is 16.2. The first-order valence-corrected chi connectivity index (χ1v) is 14.1. The van der Waals surface area contributed by atoms with Gasteiger partial charge in [0.25, 0.3) is 5.91 Å². The highest BCUT2D eigenvalue weighted by Crippen LogP contribution is 2.24. The van der Waals surface area contributed by atoms with Crippen LogP contribution in [0, 0.1) is 0 Å². The Morgan fingerprint density at radius 2 is 1.64 bits per heavy atom. The van der Waals surface area contributed by atoms with E-state index in [0.29, 0.717) is 41.5 Å². The lowest BCUT2D eigenvalue weighted by molar-refractivity contribution is -0.132. The van der Waals surface area contributed by atoms with Crippen molar-refractivity contribution in [3.63, 3.8) is 0 Å². The van der Waals surface area contributed by atoms with Crippen LogP contribution in [0.15, 0.2) is 66.9 Å². The maximum atomic E-state index is 13.4. The Bertz CT molecular complexity index is 1510. The van der Waals surface area contributed by atoms with Gasteiger partial charge in [0.05, 0.1) is 11.4 Å². The number of aromatic nitrogens is 2. The molecule has 0 aliphatic rings. The number of hydrogen-bond acceptors (Lipinski definition) is 9. The molecule has 0 spiro atoms. The first-order chi connectivity index (χ1) is 21.0. The molecule has 0 aliphatic carbocycles. The van der Waals surface area contributed by atoms with Gasteiger partial charge in [-0.15, -0.1) is 0 Å². The molecule has 2 aromatic carbocycles. The summed E-state index contributed by atoms with van der Waals surface area (Å²) in [7, 11) is 5.34. The first-order valence-electron chi connectivity index (χ1n) is 14.1. The fourth-order valence-electron chi connectivity index (χ4n) is 3.81. The minimum Gasteiger partial charge on any atom is -0.369 e. The number of nitrogens with zero attached hydrogens (tertiary/aromatic N) is 4. The summed E-state index contributed by atoms with van der Waals surface area (Å²) in [5.41, 5.74) is 7.22. The van der Waals surface area contributed by atoms with Gasteiger partial charge in [0.1, 0.15) is 17.4 Å². The van der Waals surface area contributed by atoms with Gasteiger partial charge < -0.3 is 36.8 Å². The Balaban J connectivity index is 1.75. The van der Waals surface area contributed by atoms with E-state index in [1.165, 1.54) is 17.2 Å². The van der Waals surface area contributed by atoms with E-state index >= 15 is 0 Å². The Morgan fingerprint density at radius 1 is 0.977 bits per heavy atom. The van der Waals surface area contributed by atoms with Gasteiger partial charge in [-0.1, -0.05) is 25.1 Å². The lowest BCUT2D eigenvalue weighted by Crippen LogP contribution is -2.42. The number of likely N-dealkylation sites (N-methyl/N-ethyl adjacent to an activating group) is 2. The molecule has 13 nitrogen and oxygen atoms in total. The van der Waals surface area contributed by atoms with Crippen LogP contribution < -0.4 is 27.0 Å². The maximum Gasteiger partial charge on any atom is 0.261 e. The van der Waals surface area contributed by atoms with Crippen molar-refractivity contribution in [3.8, 4) is 0 Å². The van der Waals surface area contributed by atoms with Crippen LogP contribution in [0.1, 0.15) is 41.0 Å². The lowest BCUT2D eigenvalue weighted by Gasteiger charge is -2.23. The van der Waals surface area contributed by atoms with Crippen molar-refractivity contribution < 1.29 is 19.2 Å². The molecule has 3 rings (SSSR count). The van der Waals surface area contributed by atoms with Crippen molar-refractivity contribution in [1.29, 1.82) is 0 Å². The number of nitrogens with one attached hydrogen (secondary N) is 4. The number of carbonyl (C=O) groups excluding carboxylic acids is 4. The fourth-order valence-corrected chi connectivity index (χ4v) is 3.81. The van der Waals surface area contributed by atoms with Crippen LogP contribution in [0.25, 0.3) is 0 Å². The number of carbonyl (C=O) groups is 4. The molecule has 6 N–H and O–H groups in total. The third-order valence-corrected chi connectivity index (χ3v) is 6.47. The molecule has 232 valence electrons. The second kappa shape index (κ2) is 15.8. The molecule has 0 aliphatic heterocycles. The highest BCUT2D eigenvalue weighted by Gasteiger charge is 2.23. The molecule has 44 heavy (non-hydrogen) atoms. The van der Waals surface area contributed by atoms with Crippen LogP contribution in [0.5, 0.6) is 0 Å². The zero-order chi connectivity index (χ0) is 32.2. The lowest BCUT2D eigenvalue weighted by atomic mass is 10.2. The van der Waals surface area contributed by atoms with Crippen molar-refractivity contribution in [2.24, 2.45) is 5.73 Å². The average Bonchev–Trinajstić information content (AvgIpc) is 3.00. The largest absolute Gasteiger partial charge is 0.369 e. The van der Waals surface area contributed by atoms with Crippen LogP contribution in [0.2, 0.25) is 0 Å². The van der Waals surface area contributed by atoms with Gasteiger partial charge in [-0.25, -0.2) is 4.98 Å². The minimum atomic E-state index is -0.777. The van der Waals surface area contributed by atoms with Crippen LogP contribution in [-0.4, -0.2) is 83.7 Å². The van der Waals surface area contributed by atoms with E-state index in [0.717, 1.165) is 6.42 Å². The summed E-state index contributed by atoms with van der Waals surface area (Å²) < 4.78 is 0. The molecule has 4 amide bonds. The topological polar surface area (TPSA) is 175 Å². The molecule has 3 aromatic rings. The van der Waals surface area contributed by atoms with E-state index < -0.39 is 23.8 Å². The number of rotatable bonds is 14. The molecule has 0 saturated heterocycles. The van der Waals surface area contributed by atoms with Crippen molar-refractivity contribution in [2.75, 3.05) is 55.5 Å². The normalized spacial score (nSPS) is 11.6. The smallest absolute Gasteiger partial charge is 0.261 e. The van der Waals surface area contributed by atoms with E-state index in [1.54, 1.807) is 68.6 Å². The van der Waals surface area contributed by atoms with Crippen molar-refractivity contribution in [1.82, 2.24) is 19.8 Å². The molecule has 1 atom stereocenters. The van der Waals surface area contributed by atoms with Gasteiger partial charge in [0.15, 0.2) is 0 Å². The summed E-state index contributed by atoms with van der Waals surface area (Å²) in [5, 5.41) is 11.8. The number of primary amides is 1. The summed E-state index contributed by atoms with van der Waals surface area (Å²) in [6.45, 7) is 4.77. The Morgan fingerprint density at radius 3 is 2.25 bits per heavy atom. The summed E-state index contributed by atoms with van der Waals surface area (Å²) in [6.07, 6.45) is 5.35. The molecular formula is C31H39N9O4. The van der Waals surface area contributed by atoms with Crippen LogP contribution in [0.4, 0.5) is 28.8 Å². The SMILES string of the molecule is CCCNc1nc(Nc2ccc(C(N)=O)cc2)ncc1C(=O)Nc1ccccc1NC(=O)[C@H](C)N(C)C(=O)C=CCN(C)C. The predicted molar refractivity (Wildman–Crippen MR) is 172 cm³/mol. The maximum absolute atomic E-state index is 13.4. The third kappa shape index (κ3) is 9.36. The second-order valence-corrected chi connectivity index (χ2v) is 10.2. The van der Waals surface area contributed by atoms with Gasteiger partial charge in [0.2, 0.25) is 23.7 Å². The number of anilines is 5. The Labute approximate surface area is 256 Å². The van der Waals surface area contributed by atoms with E-state index in [9.17, 15) is 19.2 Å². The van der Waals surface area contributed by atoms with Crippen LogP contribution in [0.3, 0.4) is 0 Å². The molecule has 1 aromatic heterocycles. The first kappa shape index (κ1) is 33.2. The zero-order valence-electron chi connectivity index (χ0n) is 25.5. The van der Waals surface area contributed by atoms with Crippen LogP contribution >= 0.6 is 0 Å². The molecule has 0 radical (unpaired) electrons. The van der Waals surface area contributed by atoms with Gasteiger partial charge in [-0.05, 0) is 63.8 Å². The van der Waals surface area contributed by atoms with E-state index in [2.05, 4.69) is 31.2 Å². The average molecular weight is 602 g/mol. The standard InChI is InChI=1S/C31H39N9O4/c1-6-17-33-28-23(19-34-31(38-28)35-22-15-13-21(14-16-22)27(32)42)30(44)37-25-11-8-7-10-24(25)36-29(43)20(2)40(5)26(41)12-9-18-39(3)4/h7-16,19-20H,6,17-18H2,1-5H3,(H2,32,42)(H,36,43)(H,37,44)(H2,33,34,35,38)/t20-/m0/s1. The number of nitrogens with two attached hydrogens (primary N) is 1. The minimum absolute atomic E-state index is 0.192.